The molecule has 1 N–H and O–H groups in total. The fraction of sp³-hybridized carbons (Fsp3) is 0.632. The van der Waals surface area contributed by atoms with Crippen molar-refractivity contribution >= 4 is 5.91 Å². The number of piperidine rings is 1. The van der Waals surface area contributed by atoms with Crippen molar-refractivity contribution in [1.82, 2.24) is 4.90 Å². The second-order valence-corrected chi connectivity index (χ2v) is 7.05. The molecule has 2 heterocycles. The minimum absolute atomic E-state index is 0.0823. The number of hydrogen-bond donors (Lipinski definition) is 1. The second kappa shape index (κ2) is 8.08. The zero-order chi connectivity index (χ0) is 16.9. The lowest BCUT2D eigenvalue weighted by molar-refractivity contribution is -0.137. The van der Waals surface area contributed by atoms with E-state index in [1.54, 1.807) is 11.0 Å². The lowest BCUT2D eigenvalue weighted by Crippen LogP contribution is -2.47. The molecule has 2 saturated heterocycles. The summed E-state index contributed by atoms with van der Waals surface area (Å²) in [6.07, 6.45) is 3.33. The Labute approximate surface area is 142 Å². The Morgan fingerprint density at radius 1 is 1.29 bits per heavy atom. The second-order valence-electron chi connectivity index (χ2n) is 7.05. The number of likely N-dealkylation sites (tertiary alicyclic amines) is 1. The Morgan fingerprint density at radius 2 is 2.08 bits per heavy atom. The molecular formula is C19H26FNO3. The summed E-state index contributed by atoms with van der Waals surface area (Å²) in [5.74, 6) is 0.392. The highest BCUT2D eigenvalue weighted by Gasteiger charge is 2.31. The fourth-order valence-electron chi connectivity index (χ4n) is 3.74. The summed E-state index contributed by atoms with van der Waals surface area (Å²) >= 11 is 0. The van der Waals surface area contributed by atoms with Gasteiger partial charge in [0.05, 0.1) is 6.10 Å². The standard InChI is InChI=1S/C19H26FNO3/c20-17-3-1-2-15(11-17)10-16-4-7-21(13-18(16)22)19(23)12-14-5-8-24-9-6-14/h1-3,11,14,16,18,22H,4-10,12-13H2/t16-,18-/m1/s1. The first kappa shape index (κ1) is 17.4. The van der Waals surface area contributed by atoms with Crippen LogP contribution in [0.15, 0.2) is 24.3 Å². The molecular weight excluding hydrogens is 309 g/mol. The summed E-state index contributed by atoms with van der Waals surface area (Å²) in [6, 6.07) is 6.54. The normalized spacial score (nSPS) is 25.7. The highest BCUT2D eigenvalue weighted by atomic mass is 19.1. The third-order valence-corrected chi connectivity index (χ3v) is 5.27. The van der Waals surface area contributed by atoms with Crippen LogP contribution in [0, 0.1) is 17.7 Å². The molecule has 0 spiro atoms. The first-order chi connectivity index (χ1) is 11.6. The zero-order valence-electron chi connectivity index (χ0n) is 14.0. The number of aliphatic hydroxyl groups excluding tert-OH is 1. The molecule has 0 aliphatic carbocycles. The summed E-state index contributed by atoms with van der Waals surface area (Å²) in [6.45, 7) is 2.56. The Bertz CT molecular complexity index is 559. The van der Waals surface area contributed by atoms with E-state index in [0.717, 1.165) is 38.0 Å². The number of rotatable bonds is 4. The minimum atomic E-state index is -0.541. The lowest BCUT2D eigenvalue weighted by atomic mass is 9.87. The molecule has 4 nitrogen and oxygen atoms in total. The number of hydrogen-bond acceptors (Lipinski definition) is 3. The molecule has 0 aromatic heterocycles. The molecule has 5 heteroatoms. The van der Waals surface area contributed by atoms with E-state index in [2.05, 4.69) is 0 Å². The fourth-order valence-corrected chi connectivity index (χ4v) is 3.74. The Morgan fingerprint density at radius 3 is 2.79 bits per heavy atom. The number of aliphatic hydroxyl groups is 1. The van der Waals surface area contributed by atoms with Gasteiger partial charge in [0.25, 0.3) is 0 Å². The quantitative estimate of drug-likeness (QED) is 0.919. The topological polar surface area (TPSA) is 49.8 Å². The van der Waals surface area contributed by atoms with Crippen LogP contribution in [-0.4, -0.2) is 48.3 Å². The van der Waals surface area contributed by atoms with Crippen LogP contribution in [-0.2, 0) is 16.0 Å². The number of amides is 1. The van der Waals surface area contributed by atoms with Gasteiger partial charge in [0.1, 0.15) is 5.82 Å². The highest BCUT2D eigenvalue weighted by Crippen LogP contribution is 2.25. The number of nitrogens with zero attached hydrogens (tertiary/aromatic N) is 1. The summed E-state index contributed by atoms with van der Waals surface area (Å²) in [4.78, 5) is 14.2. The monoisotopic (exact) mass is 335 g/mol. The number of β-amino-alcohol motifs (C(OH)–C–C–N with tert-alkyl or cyclic N) is 1. The summed E-state index contributed by atoms with van der Waals surface area (Å²) in [5.41, 5.74) is 0.904. The van der Waals surface area contributed by atoms with Crippen molar-refractivity contribution < 1.29 is 19.0 Å². The van der Waals surface area contributed by atoms with E-state index in [1.807, 2.05) is 6.07 Å². The number of carbonyl (C=O) groups is 1. The molecule has 1 amide bonds. The predicted molar refractivity (Wildman–Crippen MR) is 89.0 cm³/mol. The average molecular weight is 335 g/mol. The maximum absolute atomic E-state index is 13.3. The van der Waals surface area contributed by atoms with Gasteiger partial charge in [-0.3, -0.25) is 4.79 Å². The average Bonchev–Trinajstić information content (AvgIpc) is 2.57. The van der Waals surface area contributed by atoms with Crippen molar-refractivity contribution in [1.29, 1.82) is 0 Å². The molecule has 24 heavy (non-hydrogen) atoms. The lowest BCUT2D eigenvalue weighted by Gasteiger charge is -2.37. The van der Waals surface area contributed by atoms with E-state index < -0.39 is 6.10 Å². The molecule has 2 aliphatic rings. The summed E-state index contributed by atoms with van der Waals surface area (Å²) < 4.78 is 18.6. The van der Waals surface area contributed by atoms with Crippen LogP contribution in [0.1, 0.15) is 31.2 Å². The van der Waals surface area contributed by atoms with Crippen molar-refractivity contribution in [3.05, 3.63) is 35.6 Å². The predicted octanol–water partition coefficient (Wildman–Crippen LogP) is 2.39. The first-order valence-electron chi connectivity index (χ1n) is 8.90. The Kier molecular flexibility index (Phi) is 5.85. The number of benzene rings is 1. The van der Waals surface area contributed by atoms with Gasteiger partial charge in [-0.25, -0.2) is 4.39 Å². The summed E-state index contributed by atoms with van der Waals surface area (Å²) in [7, 11) is 0. The van der Waals surface area contributed by atoms with E-state index in [1.165, 1.54) is 12.1 Å². The third kappa shape index (κ3) is 4.54. The van der Waals surface area contributed by atoms with Gasteiger partial charge in [-0.1, -0.05) is 12.1 Å². The van der Waals surface area contributed by atoms with E-state index >= 15 is 0 Å². The highest BCUT2D eigenvalue weighted by molar-refractivity contribution is 5.76. The van der Waals surface area contributed by atoms with Crippen LogP contribution >= 0.6 is 0 Å². The van der Waals surface area contributed by atoms with Gasteiger partial charge in [-0.2, -0.15) is 0 Å². The van der Waals surface area contributed by atoms with E-state index in [-0.39, 0.29) is 17.6 Å². The SMILES string of the molecule is O=C(CC1CCOCC1)N1CC[C@H](Cc2cccc(F)c2)[C@H](O)C1. The van der Waals surface area contributed by atoms with Crippen molar-refractivity contribution in [2.75, 3.05) is 26.3 Å². The van der Waals surface area contributed by atoms with Gasteiger partial charge in [-0.05, 0) is 55.2 Å². The molecule has 1 aromatic carbocycles. The number of ether oxygens (including phenoxy) is 1. The van der Waals surface area contributed by atoms with E-state index in [0.29, 0.717) is 31.8 Å². The molecule has 2 atom stereocenters. The molecule has 3 rings (SSSR count). The molecule has 0 unspecified atom stereocenters. The minimum Gasteiger partial charge on any atom is -0.391 e. The number of halogens is 1. The first-order valence-corrected chi connectivity index (χ1v) is 8.90. The third-order valence-electron chi connectivity index (χ3n) is 5.27. The van der Waals surface area contributed by atoms with Crippen molar-refractivity contribution in [3.8, 4) is 0 Å². The van der Waals surface area contributed by atoms with Gasteiger partial charge in [0, 0.05) is 32.7 Å². The Balaban J connectivity index is 1.50. The maximum Gasteiger partial charge on any atom is 0.222 e. The van der Waals surface area contributed by atoms with Gasteiger partial charge < -0.3 is 14.7 Å². The summed E-state index contributed by atoms with van der Waals surface area (Å²) in [5, 5.41) is 10.4. The van der Waals surface area contributed by atoms with Crippen molar-refractivity contribution in [2.45, 2.75) is 38.2 Å². The van der Waals surface area contributed by atoms with Gasteiger partial charge in [0.2, 0.25) is 5.91 Å². The van der Waals surface area contributed by atoms with Crippen LogP contribution in [0.4, 0.5) is 4.39 Å². The van der Waals surface area contributed by atoms with Crippen LogP contribution in [0.2, 0.25) is 0 Å². The van der Waals surface area contributed by atoms with Crippen LogP contribution in [0.25, 0.3) is 0 Å². The van der Waals surface area contributed by atoms with Crippen LogP contribution < -0.4 is 0 Å². The molecule has 0 saturated carbocycles. The molecule has 0 radical (unpaired) electrons. The van der Waals surface area contributed by atoms with Gasteiger partial charge in [-0.15, -0.1) is 0 Å². The van der Waals surface area contributed by atoms with Crippen LogP contribution in [0.3, 0.4) is 0 Å². The van der Waals surface area contributed by atoms with Gasteiger partial charge >= 0.3 is 0 Å². The largest absolute Gasteiger partial charge is 0.391 e. The van der Waals surface area contributed by atoms with E-state index in [4.69, 9.17) is 4.74 Å². The van der Waals surface area contributed by atoms with Gasteiger partial charge in [0.15, 0.2) is 0 Å². The smallest absolute Gasteiger partial charge is 0.222 e. The van der Waals surface area contributed by atoms with Crippen molar-refractivity contribution in [2.24, 2.45) is 11.8 Å². The molecule has 1 aromatic rings. The zero-order valence-corrected chi connectivity index (χ0v) is 14.0. The Hall–Kier alpha value is -1.46. The number of carbonyl (C=O) groups excluding carboxylic acids is 1. The molecule has 2 aliphatic heterocycles. The van der Waals surface area contributed by atoms with Crippen LogP contribution in [0.5, 0.6) is 0 Å². The van der Waals surface area contributed by atoms with E-state index in [9.17, 15) is 14.3 Å². The molecule has 0 bridgehead atoms. The molecule has 132 valence electrons. The maximum atomic E-state index is 13.3. The molecule has 2 fully saturated rings. The van der Waals surface area contributed by atoms with Crippen molar-refractivity contribution in [3.63, 3.8) is 0 Å².